The normalized spacial score (nSPS) is 10.2. The third kappa shape index (κ3) is 7.40. The van der Waals surface area contributed by atoms with E-state index >= 15 is 0 Å². The Bertz CT molecular complexity index is 798. The number of aromatic nitrogens is 1. The number of carbonyl (C=O) groups excluding carboxylic acids is 3. The second kappa shape index (κ2) is 11.8. The number of rotatable bonds is 10. The zero-order valence-corrected chi connectivity index (χ0v) is 16.4. The summed E-state index contributed by atoms with van der Waals surface area (Å²) < 4.78 is 9.89. The summed E-state index contributed by atoms with van der Waals surface area (Å²) in [5.74, 6) is -1.35. The molecule has 0 saturated carbocycles. The van der Waals surface area contributed by atoms with Gasteiger partial charge in [-0.05, 0) is 37.6 Å². The minimum atomic E-state index is -0.617. The molecule has 0 bridgehead atoms. The average molecular weight is 402 g/mol. The summed E-state index contributed by atoms with van der Waals surface area (Å²) in [6.07, 6.45) is 2.28. The van der Waals surface area contributed by atoms with E-state index in [1.54, 1.807) is 25.3 Å². The molecule has 148 valence electrons. The lowest BCUT2D eigenvalue weighted by molar-refractivity contribution is -0.143. The summed E-state index contributed by atoms with van der Waals surface area (Å²) >= 11 is 1.34. The van der Waals surface area contributed by atoms with Gasteiger partial charge in [0.25, 0.3) is 5.91 Å². The molecule has 0 unspecified atom stereocenters. The number of hydrogen-bond acceptors (Lipinski definition) is 7. The number of carbonyl (C=O) groups is 3. The van der Waals surface area contributed by atoms with Crippen LogP contribution in [0.15, 0.2) is 58.6 Å². The monoisotopic (exact) mass is 402 g/mol. The zero-order chi connectivity index (χ0) is 20.2. The number of hydrogen-bond donors (Lipinski definition) is 1. The number of esters is 2. The molecule has 1 amide bonds. The molecule has 1 N–H and O–H groups in total. The second-order valence-corrected chi connectivity index (χ2v) is 6.67. The Morgan fingerprint density at radius 3 is 2.61 bits per heavy atom. The summed E-state index contributed by atoms with van der Waals surface area (Å²) in [5.41, 5.74) is 0.298. The number of nitrogens with zero attached hydrogens (tertiary/aromatic N) is 1. The van der Waals surface area contributed by atoms with E-state index in [0.717, 1.165) is 4.90 Å². The highest BCUT2D eigenvalue weighted by atomic mass is 32.2. The van der Waals surface area contributed by atoms with Gasteiger partial charge in [-0.3, -0.25) is 9.59 Å². The molecule has 1 aromatic heterocycles. The minimum Gasteiger partial charge on any atom is -0.466 e. The molecule has 0 saturated heterocycles. The second-order valence-electron chi connectivity index (χ2n) is 5.61. The molecule has 0 spiro atoms. The highest BCUT2D eigenvalue weighted by Gasteiger charge is 2.16. The number of benzene rings is 1. The van der Waals surface area contributed by atoms with Crippen molar-refractivity contribution in [3.05, 3.63) is 54.2 Å². The fourth-order valence-electron chi connectivity index (χ4n) is 2.18. The van der Waals surface area contributed by atoms with Gasteiger partial charge in [-0.2, -0.15) is 0 Å². The van der Waals surface area contributed by atoms with Crippen molar-refractivity contribution in [1.82, 2.24) is 10.3 Å². The predicted molar refractivity (Wildman–Crippen MR) is 104 cm³/mol. The van der Waals surface area contributed by atoms with Gasteiger partial charge in [-0.25, -0.2) is 9.78 Å². The maximum atomic E-state index is 12.3. The average Bonchev–Trinajstić information content (AvgIpc) is 2.71. The van der Waals surface area contributed by atoms with E-state index < -0.39 is 18.5 Å². The third-order valence-corrected chi connectivity index (χ3v) is 4.49. The molecule has 0 aliphatic heterocycles. The molecule has 0 aliphatic carbocycles. The molecule has 0 aliphatic rings. The molecule has 1 heterocycles. The topological polar surface area (TPSA) is 94.6 Å². The Kier molecular flexibility index (Phi) is 9.00. The van der Waals surface area contributed by atoms with Crippen LogP contribution in [0.4, 0.5) is 0 Å². The van der Waals surface area contributed by atoms with Gasteiger partial charge in [0, 0.05) is 24.1 Å². The van der Waals surface area contributed by atoms with Gasteiger partial charge in [0.1, 0.15) is 5.03 Å². The largest absolute Gasteiger partial charge is 0.466 e. The molecule has 28 heavy (non-hydrogen) atoms. The van der Waals surface area contributed by atoms with Crippen molar-refractivity contribution in [3.63, 3.8) is 0 Å². The maximum Gasteiger partial charge on any atom is 0.341 e. The summed E-state index contributed by atoms with van der Waals surface area (Å²) in [4.78, 5) is 40.5. The van der Waals surface area contributed by atoms with Crippen LogP contribution in [0.5, 0.6) is 0 Å². The first-order valence-corrected chi connectivity index (χ1v) is 9.69. The van der Waals surface area contributed by atoms with Crippen molar-refractivity contribution in [2.24, 2.45) is 0 Å². The standard InChI is InChI=1S/C20H22N2O5S/c1-2-26-18(24)11-7-12-21-17(23)14-27-20(25)16-10-6-13-22-19(16)28-15-8-4-3-5-9-15/h3-6,8-10,13H,2,7,11-12,14H2,1H3,(H,21,23). The Hall–Kier alpha value is -2.87. The lowest BCUT2D eigenvalue weighted by atomic mass is 10.3. The van der Waals surface area contributed by atoms with E-state index in [0.29, 0.717) is 30.2 Å². The van der Waals surface area contributed by atoms with Crippen LogP contribution in [0.3, 0.4) is 0 Å². The Balaban J connectivity index is 1.80. The first kappa shape index (κ1) is 21.4. The molecule has 0 fully saturated rings. The Morgan fingerprint density at radius 1 is 1.07 bits per heavy atom. The van der Waals surface area contributed by atoms with Crippen molar-refractivity contribution in [2.45, 2.75) is 29.7 Å². The van der Waals surface area contributed by atoms with Crippen molar-refractivity contribution in [2.75, 3.05) is 19.8 Å². The Labute approximate surface area is 167 Å². The van der Waals surface area contributed by atoms with Crippen LogP contribution in [0.2, 0.25) is 0 Å². The van der Waals surface area contributed by atoms with Crippen LogP contribution in [-0.4, -0.2) is 42.6 Å². The highest BCUT2D eigenvalue weighted by molar-refractivity contribution is 7.99. The molecule has 2 rings (SSSR count). The van der Waals surface area contributed by atoms with Gasteiger partial charge in [0.15, 0.2) is 6.61 Å². The number of ether oxygens (including phenoxy) is 2. The summed E-state index contributed by atoms with van der Waals surface area (Å²) in [7, 11) is 0. The minimum absolute atomic E-state index is 0.226. The molecule has 2 aromatic rings. The predicted octanol–water partition coefficient (Wildman–Crippen LogP) is 2.85. The summed E-state index contributed by atoms with van der Waals surface area (Å²) in [5, 5.41) is 3.10. The van der Waals surface area contributed by atoms with E-state index in [-0.39, 0.29) is 12.4 Å². The molecule has 0 atom stereocenters. The summed E-state index contributed by atoms with van der Waals surface area (Å²) in [6, 6.07) is 12.8. The van der Waals surface area contributed by atoms with Crippen molar-refractivity contribution < 1.29 is 23.9 Å². The maximum absolute atomic E-state index is 12.3. The smallest absolute Gasteiger partial charge is 0.341 e. The first-order chi connectivity index (χ1) is 13.6. The zero-order valence-electron chi connectivity index (χ0n) is 15.6. The number of pyridine rings is 1. The number of amides is 1. The van der Waals surface area contributed by atoms with E-state index in [1.807, 2.05) is 30.3 Å². The number of nitrogens with one attached hydrogen (secondary N) is 1. The molecule has 0 radical (unpaired) electrons. The Morgan fingerprint density at radius 2 is 1.86 bits per heavy atom. The van der Waals surface area contributed by atoms with E-state index in [1.165, 1.54) is 11.8 Å². The lowest BCUT2D eigenvalue weighted by Gasteiger charge is -2.09. The molecular weight excluding hydrogens is 380 g/mol. The van der Waals surface area contributed by atoms with Crippen molar-refractivity contribution >= 4 is 29.6 Å². The SMILES string of the molecule is CCOC(=O)CCCNC(=O)COC(=O)c1cccnc1Sc1ccccc1. The van der Waals surface area contributed by atoms with Gasteiger partial charge in [0.05, 0.1) is 12.2 Å². The first-order valence-electron chi connectivity index (χ1n) is 8.87. The van der Waals surface area contributed by atoms with Crippen LogP contribution in [-0.2, 0) is 19.1 Å². The van der Waals surface area contributed by atoms with Gasteiger partial charge in [0.2, 0.25) is 0 Å². The van der Waals surface area contributed by atoms with E-state index in [2.05, 4.69) is 10.3 Å². The lowest BCUT2D eigenvalue weighted by Crippen LogP contribution is -2.30. The quantitative estimate of drug-likeness (QED) is 0.482. The van der Waals surface area contributed by atoms with Gasteiger partial charge in [-0.15, -0.1) is 0 Å². The van der Waals surface area contributed by atoms with E-state index in [4.69, 9.17) is 9.47 Å². The van der Waals surface area contributed by atoms with Crippen LogP contribution in [0.25, 0.3) is 0 Å². The van der Waals surface area contributed by atoms with Crippen LogP contribution < -0.4 is 5.32 Å². The molecule has 7 nitrogen and oxygen atoms in total. The van der Waals surface area contributed by atoms with Crippen LogP contribution >= 0.6 is 11.8 Å². The van der Waals surface area contributed by atoms with Gasteiger partial charge >= 0.3 is 11.9 Å². The molecule has 8 heteroatoms. The molecule has 1 aromatic carbocycles. The third-order valence-electron chi connectivity index (χ3n) is 3.47. The van der Waals surface area contributed by atoms with E-state index in [9.17, 15) is 14.4 Å². The van der Waals surface area contributed by atoms with Crippen LogP contribution in [0, 0.1) is 0 Å². The van der Waals surface area contributed by atoms with Crippen molar-refractivity contribution in [3.8, 4) is 0 Å². The summed E-state index contributed by atoms with van der Waals surface area (Å²) in [6.45, 7) is 1.97. The fourth-order valence-corrected chi connectivity index (χ4v) is 3.07. The fraction of sp³-hybridized carbons (Fsp3) is 0.300. The van der Waals surface area contributed by atoms with Gasteiger partial charge in [-0.1, -0.05) is 30.0 Å². The van der Waals surface area contributed by atoms with Crippen molar-refractivity contribution in [1.29, 1.82) is 0 Å². The van der Waals surface area contributed by atoms with Crippen LogP contribution in [0.1, 0.15) is 30.1 Å². The highest BCUT2D eigenvalue weighted by Crippen LogP contribution is 2.28. The van der Waals surface area contributed by atoms with Gasteiger partial charge < -0.3 is 14.8 Å². The molecular formula is C20H22N2O5S.